The van der Waals surface area contributed by atoms with Crippen LogP contribution in [0, 0.1) is 0 Å². The standard InChI is InChI=1S/C9H9ClF3N3.ClH/c1-16-3-2-6-5(4-16)7(9(11,12)13)15-8(10)14-6;/h2-4H2,1H3;1H. The van der Waals surface area contributed by atoms with Gasteiger partial charge in [0, 0.05) is 25.1 Å². The monoisotopic (exact) mass is 287 g/mol. The lowest BCUT2D eigenvalue weighted by Crippen LogP contribution is -2.30. The average molecular weight is 288 g/mol. The maximum Gasteiger partial charge on any atom is 0.433 e. The van der Waals surface area contributed by atoms with Gasteiger partial charge in [-0.25, -0.2) is 9.97 Å². The second-order valence-electron chi connectivity index (χ2n) is 3.75. The highest BCUT2D eigenvalue weighted by Gasteiger charge is 2.38. The van der Waals surface area contributed by atoms with Gasteiger partial charge in [-0.05, 0) is 18.6 Å². The molecule has 96 valence electrons. The van der Waals surface area contributed by atoms with Crippen molar-refractivity contribution < 1.29 is 13.2 Å². The number of fused-ring (bicyclic) bond motifs is 1. The molecule has 1 aliphatic heterocycles. The molecule has 0 atom stereocenters. The maximum atomic E-state index is 12.7. The number of hydrogen-bond acceptors (Lipinski definition) is 3. The lowest BCUT2D eigenvalue weighted by molar-refractivity contribution is -0.142. The molecule has 1 aliphatic rings. The first-order valence-corrected chi connectivity index (χ1v) is 5.07. The molecule has 0 unspecified atom stereocenters. The molecule has 2 heterocycles. The molecule has 8 heteroatoms. The van der Waals surface area contributed by atoms with Crippen LogP contribution in [0.15, 0.2) is 0 Å². The zero-order valence-electron chi connectivity index (χ0n) is 8.88. The zero-order valence-corrected chi connectivity index (χ0v) is 10.5. The highest BCUT2D eigenvalue weighted by Crippen LogP contribution is 2.34. The van der Waals surface area contributed by atoms with Gasteiger partial charge in [-0.15, -0.1) is 12.4 Å². The van der Waals surface area contributed by atoms with Crippen LogP contribution in [-0.2, 0) is 19.1 Å². The Bertz CT molecular complexity index is 423. The molecule has 2 rings (SSSR count). The summed E-state index contributed by atoms with van der Waals surface area (Å²) in [5.41, 5.74) is -0.356. The third kappa shape index (κ3) is 3.00. The predicted octanol–water partition coefficient (Wildman–Crippen LogP) is 2.56. The number of aromatic nitrogens is 2. The number of rotatable bonds is 0. The number of hydrogen-bond donors (Lipinski definition) is 0. The van der Waals surface area contributed by atoms with Gasteiger partial charge in [0.2, 0.25) is 5.28 Å². The lowest BCUT2D eigenvalue weighted by Gasteiger charge is -2.26. The van der Waals surface area contributed by atoms with Crippen LogP contribution in [0.4, 0.5) is 13.2 Å². The Kier molecular flexibility index (Phi) is 4.22. The van der Waals surface area contributed by atoms with Crippen molar-refractivity contribution in [1.82, 2.24) is 14.9 Å². The van der Waals surface area contributed by atoms with Crippen LogP contribution in [0.25, 0.3) is 0 Å². The normalized spacial score (nSPS) is 16.3. The smallest absolute Gasteiger partial charge is 0.302 e. The molecule has 0 fully saturated rings. The van der Waals surface area contributed by atoms with Crippen LogP contribution in [0.2, 0.25) is 5.28 Å². The van der Waals surface area contributed by atoms with Crippen molar-refractivity contribution in [3.8, 4) is 0 Å². The summed E-state index contributed by atoms with van der Waals surface area (Å²) in [7, 11) is 1.76. The van der Waals surface area contributed by atoms with Gasteiger partial charge in [0.1, 0.15) is 0 Å². The van der Waals surface area contributed by atoms with Crippen molar-refractivity contribution in [3.63, 3.8) is 0 Å². The van der Waals surface area contributed by atoms with E-state index in [9.17, 15) is 13.2 Å². The fourth-order valence-corrected chi connectivity index (χ4v) is 1.94. The summed E-state index contributed by atoms with van der Waals surface area (Å²) in [6.07, 6.45) is -4.01. The minimum atomic E-state index is -4.48. The molecule has 0 bridgehead atoms. The minimum absolute atomic E-state index is 0. The molecule has 0 saturated carbocycles. The van der Waals surface area contributed by atoms with Gasteiger partial charge < -0.3 is 4.90 Å². The topological polar surface area (TPSA) is 29.0 Å². The Morgan fingerprint density at radius 2 is 1.94 bits per heavy atom. The third-order valence-electron chi connectivity index (χ3n) is 2.49. The molecule has 0 aliphatic carbocycles. The van der Waals surface area contributed by atoms with Gasteiger partial charge in [-0.3, -0.25) is 0 Å². The highest BCUT2D eigenvalue weighted by molar-refractivity contribution is 6.28. The average Bonchev–Trinajstić information content (AvgIpc) is 2.16. The van der Waals surface area contributed by atoms with E-state index in [2.05, 4.69) is 9.97 Å². The van der Waals surface area contributed by atoms with E-state index in [4.69, 9.17) is 11.6 Å². The summed E-state index contributed by atoms with van der Waals surface area (Å²) in [6.45, 7) is 0.888. The summed E-state index contributed by atoms with van der Waals surface area (Å²) in [5, 5.41) is -0.337. The molecular formula is C9H10Cl2F3N3. The van der Waals surface area contributed by atoms with Gasteiger partial charge in [-0.1, -0.05) is 0 Å². The SMILES string of the molecule is CN1CCc2nc(Cl)nc(C(F)(F)F)c2C1.Cl. The fourth-order valence-electron chi connectivity index (χ4n) is 1.75. The Labute approximate surface area is 107 Å². The van der Waals surface area contributed by atoms with E-state index < -0.39 is 11.9 Å². The largest absolute Gasteiger partial charge is 0.433 e. The summed E-state index contributed by atoms with van der Waals surface area (Å²) in [5.74, 6) is 0. The molecule has 3 nitrogen and oxygen atoms in total. The van der Waals surface area contributed by atoms with Crippen molar-refractivity contribution >= 4 is 24.0 Å². The maximum absolute atomic E-state index is 12.7. The van der Waals surface area contributed by atoms with Crippen molar-refractivity contribution in [1.29, 1.82) is 0 Å². The van der Waals surface area contributed by atoms with Gasteiger partial charge in [0.15, 0.2) is 5.69 Å². The van der Waals surface area contributed by atoms with E-state index >= 15 is 0 Å². The summed E-state index contributed by atoms with van der Waals surface area (Å²) >= 11 is 5.49. The molecule has 0 radical (unpaired) electrons. The second kappa shape index (κ2) is 4.96. The summed E-state index contributed by atoms with van der Waals surface area (Å²) in [6, 6.07) is 0. The van der Waals surface area contributed by atoms with E-state index in [0.717, 1.165) is 0 Å². The number of likely N-dealkylation sites (N-methyl/N-ethyl adjacent to an activating group) is 1. The number of nitrogens with zero attached hydrogens (tertiary/aromatic N) is 3. The Balaban J connectivity index is 0.00000144. The van der Waals surface area contributed by atoms with Crippen LogP contribution in [0.1, 0.15) is 17.0 Å². The minimum Gasteiger partial charge on any atom is -0.302 e. The quantitative estimate of drug-likeness (QED) is 0.687. The summed E-state index contributed by atoms with van der Waals surface area (Å²) in [4.78, 5) is 8.95. The predicted molar refractivity (Wildman–Crippen MR) is 59.3 cm³/mol. The van der Waals surface area contributed by atoms with Crippen molar-refractivity contribution in [3.05, 3.63) is 22.2 Å². The highest BCUT2D eigenvalue weighted by atomic mass is 35.5. The van der Waals surface area contributed by atoms with Crippen LogP contribution < -0.4 is 0 Å². The van der Waals surface area contributed by atoms with Gasteiger partial charge in [0.05, 0.1) is 5.69 Å². The van der Waals surface area contributed by atoms with Gasteiger partial charge in [-0.2, -0.15) is 13.2 Å². The molecule has 1 aromatic rings. The van der Waals surface area contributed by atoms with Crippen LogP contribution in [-0.4, -0.2) is 28.5 Å². The van der Waals surface area contributed by atoms with Crippen LogP contribution in [0.3, 0.4) is 0 Å². The number of alkyl halides is 3. The molecule has 17 heavy (non-hydrogen) atoms. The molecule has 0 aromatic carbocycles. The Morgan fingerprint density at radius 3 is 2.53 bits per heavy atom. The first kappa shape index (κ1) is 14.5. The van der Waals surface area contributed by atoms with Gasteiger partial charge >= 0.3 is 6.18 Å². The van der Waals surface area contributed by atoms with Crippen LogP contribution >= 0.6 is 24.0 Å². The van der Waals surface area contributed by atoms with Crippen molar-refractivity contribution in [2.75, 3.05) is 13.6 Å². The fraction of sp³-hybridized carbons (Fsp3) is 0.556. The molecule has 1 aromatic heterocycles. The second-order valence-corrected chi connectivity index (χ2v) is 4.09. The zero-order chi connectivity index (χ0) is 11.9. The molecular weight excluding hydrogens is 278 g/mol. The Morgan fingerprint density at radius 1 is 1.29 bits per heavy atom. The first-order valence-electron chi connectivity index (χ1n) is 4.69. The van der Waals surface area contributed by atoms with E-state index in [0.29, 0.717) is 18.7 Å². The van der Waals surface area contributed by atoms with E-state index in [-0.39, 0.29) is 29.8 Å². The first-order chi connectivity index (χ1) is 7.38. The van der Waals surface area contributed by atoms with Crippen molar-refractivity contribution in [2.24, 2.45) is 0 Å². The van der Waals surface area contributed by atoms with Crippen molar-refractivity contribution in [2.45, 2.75) is 19.1 Å². The molecule has 0 N–H and O–H groups in total. The molecule has 0 amide bonds. The molecule has 0 saturated heterocycles. The number of halogens is 5. The molecule has 0 spiro atoms. The van der Waals surface area contributed by atoms with Gasteiger partial charge in [0.25, 0.3) is 0 Å². The Hall–Kier alpha value is -0.590. The third-order valence-corrected chi connectivity index (χ3v) is 2.66. The summed E-state index contributed by atoms with van der Waals surface area (Å²) < 4.78 is 38.1. The van der Waals surface area contributed by atoms with E-state index in [1.807, 2.05) is 0 Å². The van der Waals surface area contributed by atoms with E-state index in [1.54, 1.807) is 11.9 Å². The van der Waals surface area contributed by atoms with Crippen LogP contribution in [0.5, 0.6) is 0 Å². The van der Waals surface area contributed by atoms with E-state index in [1.165, 1.54) is 0 Å². The lowest BCUT2D eigenvalue weighted by atomic mass is 10.0.